The number of aryl methyl sites for hydroxylation is 1. The van der Waals surface area contributed by atoms with Crippen LogP contribution in [-0.2, 0) is 19.5 Å². The molecule has 1 aromatic heterocycles. The lowest BCUT2D eigenvalue weighted by Gasteiger charge is -2.15. The highest BCUT2D eigenvalue weighted by molar-refractivity contribution is 4.98. The van der Waals surface area contributed by atoms with Gasteiger partial charge in [0, 0.05) is 19.6 Å². The molecule has 0 aliphatic carbocycles. The van der Waals surface area contributed by atoms with Crippen LogP contribution in [0.4, 0.5) is 0 Å². The Morgan fingerprint density at radius 1 is 1.39 bits per heavy atom. The number of hydrogen-bond donors (Lipinski definition) is 2. The first kappa shape index (κ1) is 13.5. The van der Waals surface area contributed by atoms with Crippen LogP contribution in [0.5, 0.6) is 0 Å². The second-order valence-corrected chi connectivity index (χ2v) is 5.25. The molecule has 0 aromatic carbocycles. The molecule has 0 bridgehead atoms. The Morgan fingerprint density at radius 3 is 3.11 bits per heavy atom. The van der Waals surface area contributed by atoms with Crippen LogP contribution in [0.15, 0.2) is 0 Å². The van der Waals surface area contributed by atoms with E-state index in [0.29, 0.717) is 5.92 Å². The van der Waals surface area contributed by atoms with Gasteiger partial charge in [-0.25, -0.2) is 0 Å². The Kier molecular flexibility index (Phi) is 5.13. The molecule has 2 N–H and O–H groups in total. The average Bonchev–Trinajstić information content (AvgIpc) is 2.81. The summed E-state index contributed by atoms with van der Waals surface area (Å²) >= 11 is 0. The summed E-state index contributed by atoms with van der Waals surface area (Å²) < 4.78 is 2.26. The molecule has 0 saturated carbocycles. The third kappa shape index (κ3) is 3.53. The molecule has 5 heteroatoms. The number of aliphatic hydroxyl groups is 1. The van der Waals surface area contributed by atoms with Crippen LogP contribution in [0.1, 0.15) is 44.3 Å². The number of fused-ring (bicyclic) bond motifs is 1. The summed E-state index contributed by atoms with van der Waals surface area (Å²) in [4.78, 5) is 0. The molecule has 0 amide bonds. The summed E-state index contributed by atoms with van der Waals surface area (Å²) in [6.45, 7) is 5.22. The molecule has 1 aliphatic rings. The fourth-order valence-electron chi connectivity index (χ4n) is 2.37. The molecule has 0 radical (unpaired) electrons. The topological polar surface area (TPSA) is 63.0 Å². The number of hydrogen-bond acceptors (Lipinski definition) is 4. The molecule has 18 heavy (non-hydrogen) atoms. The van der Waals surface area contributed by atoms with Gasteiger partial charge >= 0.3 is 0 Å². The van der Waals surface area contributed by atoms with Crippen molar-refractivity contribution in [2.24, 2.45) is 5.92 Å². The predicted octanol–water partition coefficient (Wildman–Crippen LogP) is 1.11. The molecule has 1 aromatic rings. The molecule has 102 valence electrons. The molecular weight excluding hydrogens is 228 g/mol. The number of nitrogens with zero attached hydrogens (tertiary/aromatic N) is 3. The maximum Gasteiger partial charge on any atom is 0.147 e. The third-order valence-electron chi connectivity index (χ3n) is 3.58. The van der Waals surface area contributed by atoms with Crippen molar-refractivity contribution in [3.8, 4) is 0 Å². The van der Waals surface area contributed by atoms with Gasteiger partial charge in [0.2, 0.25) is 0 Å². The van der Waals surface area contributed by atoms with Gasteiger partial charge < -0.3 is 15.0 Å². The minimum atomic E-state index is 0.289. The van der Waals surface area contributed by atoms with Crippen LogP contribution in [0.2, 0.25) is 0 Å². The van der Waals surface area contributed by atoms with Crippen LogP contribution in [0, 0.1) is 5.92 Å². The van der Waals surface area contributed by atoms with Gasteiger partial charge in [-0.2, -0.15) is 0 Å². The molecule has 5 nitrogen and oxygen atoms in total. The SMILES string of the molecule is CC(CO)CCCNCc1nnc2n1CCCC2. The quantitative estimate of drug-likeness (QED) is 0.714. The Hall–Kier alpha value is -0.940. The standard InChI is InChI=1S/C13H24N4O/c1-11(10-18)5-4-7-14-9-13-16-15-12-6-2-3-8-17(12)13/h11,14,18H,2-10H2,1H3. The van der Waals surface area contributed by atoms with Gasteiger partial charge in [-0.15, -0.1) is 10.2 Å². The molecular formula is C13H24N4O. The van der Waals surface area contributed by atoms with Gasteiger partial charge in [0.05, 0.1) is 6.54 Å². The van der Waals surface area contributed by atoms with E-state index in [1.54, 1.807) is 0 Å². The van der Waals surface area contributed by atoms with Gasteiger partial charge in [-0.3, -0.25) is 0 Å². The zero-order valence-electron chi connectivity index (χ0n) is 11.2. The van der Waals surface area contributed by atoms with E-state index in [1.165, 1.54) is 12.8 Å². The number of nitrogens with one attached hydrogen (secondary N) is 1. The maximum absolute atomic E-state index is 8.93. The lowest BCUT2D eigenvalue weighted by molar-refractivity contribution is 0.228. The highest BCUT2D eigenvalue weighted by Crippen LogP contribution is 2.13. The van der Waals surface area contributed by atoms with E-state index in [9.17, 15) is 0 Å². The molecule has 2 heterocycles. The second-order valence-electron chi connectivity index (χ2n) is 5.25. The van der Waals surface area contributed by atoms with Crippen LogP contribution in [0.25, 0.3) is 0 Å². The zero-order valence-corrected chi connectivity index (χ0v) is 11.2. The minimum Gasteiger partial charge on any atom is -0.396 e. The third-order valence-corrected chi connectivity index (χ3v) is 3.58. The fourth-order valence-corrected chi connectivity index (χ4v) is 2.37. The van der Waals surface area contributed by atoms with Gasteiger partial charge in [-0.05, 0) is 38.1 Å². The summed E-state index contributed by atoms with van der Waals surface area (Å²) in [5.41, 5.74) is 0. The van der Waals surface area contributed by atoms with E-state index in [-0.39, 0.29) is 6.61 Å². The van der Waals surface area contributed by atoms with E-state index >= 15 is 0 Å². The first-order chi connectivity index (χ1) is 8.81. The Bertz CT molecular complexity index is 364. The number of rotatable bonds is 7. The van der Waals surface area contributed by atoms with E-state index in [2.05, 4.69) is 27.0 Å². The average molecular weight is 252 g/mol. The highest BCUT2D eigenvalue weighted by Gasteiger charge is 2.14. The van der Waals surface area contributed by atoms with Crippen molar-refractivity contribution in [1.82, 2.24) is 20.1 Å². The summed E-state index contributed by atoms with van der Waals surface area (Å²) in [5, 5.41) is 20.8. The zero-order chi connectivity index (χ0) is 12.8. The predicted molar refractivity (Wildman–Crippen MR) is 70.2 cm³/mol. The van der Waals surface area contributed by atoms with Crippen LogP contribution in [-0.4, -0.2) is 33.0 Å². The molecule has 2 rings (SSSR count). The van der Waals surface area contributed by atoms with Gasteiger partial charge in [0.25, 0.3) is 0 Å². The molecule has 0 fully saturated rings. The van der Waals surface area contributed by atoms with Gasteiger partial charge in [-0.1, -0.05) is 6.92 Å². The Morgan fingerprint density at radius 2 is 2.28 bits per heavy atom. The monoisotopic (exact) mass is 252 g/mol. The van der Waals surface area contributed by atoms with Crippen LogP contribution >= 0.6 is 0 Å². The van der Waals surface area contributed by atoms with Gasteiger partial charge in [0.1, 0.15) is 11.6 Å². The second kappa shape index (κ2) is 6.85. The van der Waals surface area contributed by atoms with Crippen molar-refractivity contribution in [2.75, 3.05) is 13.2 Å². The van der Waals surface area contributed by atoms with Crippen molar-refractivity contribution in [1.29, 1.82) is 0 Å². The summed E-state index contributed by atoms with van der Waals surface area (Å²) in [6.07, 6.45) is 5.72. The molecule has 1 aliphatic heterocycles. The minimum absolute atomic E-state index is 0.289. The maximum atomic E-state index is 8.93. The lowest BCUT2D eigenvalue weighted by atomic mass is 10.1. The van der Waals surface area contributed by atoms with Crippen LogP contribution in [0.3, 0.4) is 0 Å². The van der Waals surface area contributed by atoms with Crippen molar-refractivity contribution < 1.29 is 5.11 Å². The Labute approximate surface area is 109 Å². The highest BCUT2D eigenvalue weighted by atomic mass is 16.3. The van der Waals surface area contributed by atoms with Gasteiger partial charge in [0.15, 0.2) is 0 Å². The first-order valence-electron chi connectivity index (χ1n) is 7.03. The van der Waals surface area contributed by atoms with E-state index in [0.717, 1.165) is 50.5 Å². The molecule has 1 atom stereocenters. The fraction of sp³-hybridized carbons (Fsp3) is 0.846. The molecule has 0 saturated heterocycles. The first-order valence-corrected chi connectivity index (χ1v) is 7.03. The Balaban J connectivity index is 1.69. The number of aromatic nitrogens is 3. The van der Waals surface area contributed by atoms with E-state index in [1.807, 2.05) is 0 Å². The van der Waals surface area contributed by atoms with Crippen molar-refractivity contribution in [3.63, 3.8) is 0 Å². The van der Waals surface area contributed by atoms with E-state index < -0.39 is 0 Å². The van der Waals surface area contributed by atoms with Crippen molar-refractivity contribution in [2.45, 2.75) is 52.1 Å². The molecule has 0 spiro atoms. The molecule has 1 unspecified atom stereocenters. The van der Waals surface area contributed by atoms with Crippen LogP contribution < -0.4 is 5.32 Å². The van der Waals surface area contributed by atoms with Crippen molar-refractivity contribution in [3.05, 3.63) is 11.6 Å². The smallest absolute Gasteiger partial charge is 0.147 e. The normalized spacial score (nSPS) is 16.6. The summed E-state index contributed by atoms with van der Waals surface area (Å²) in [7, 11) is 0. The summed E-state index contributed by atoms with van der Waals surface area (Å²) in [5.74, 6) is 2.62. The lowest BCUT2D eigenvalue weighted by Crippen LogP contribution is -2.21. The largest absolute Gasteiger partial charge is 0.396 e. The summed E-state index contributed by atoms with van der Waals surface area (Å²) in [6, 6.07) is 0. The van der Waals surface area contributed by atoms with E-state index in [4.69, 9.17) is 5.11 Å². The number of aliphatic hydroxyl groups excluding tert-OH is 1. The van der Waals surface area contributed by atoms with Crippen molar-refractivity contribution >= 4 is 0 Å².